The summed E-state index contributed by atoms with van der Waals surface area (Å²) in [6.45, 7) is 0. The van der Waals surface area contributed by atoms with E-state index in [0.29, 0.717) is 17.6 Å². The average molecular weight is 338 g/mol. The third-order valence-corrected chi connectivity index (χ3v) is 2.86. The number of benzene rings is 1. The quantitative estimate of drug-likeness (QED) is 0.195. The minimum absolute atomic E-state index is 0.0671. The highest BCUT2D eigenvalue weighted by molar-refractivity contribution is 14.2. The molecule has 15 heavy (non-hydrogen) atoms. The highest BCUT2D eigenvalue weighted by Crippen LogP contribution is 2.28. The molecule has 1 unspecified atom stereocenters. The zero-order valence-corrected chi connectivity index (χ0v) is 10.6. The molecule has 6 nitrogen and oxygen atoms in total. The van der Waals surface area contributed by atoms with Crippen LogP contribution in [-0.2, 0) is 0 Å². The average Bonchev–Trinajstić information content (AvgIpc) is 2.18. The molecule has 0 aromatic heterocycles. The first-order valence-corrected chi connectivity index (χ1v) is 7.92. The smallest absolute Gasteiger partial charge is 0.270 e. The Bertz CT molecular complexity index is 412. The number of nitro benzene ring substituents is 1. The lowest BCUT2D eigenvalue weighted by atomic mass is 10.1. The van der Waals surface area contributed by atoms with E-state index < -0.39 is 4.92 Å². The van der Waals surface area contributed by atoms with Gasteiger partial charge in [-0.15, -0.1) is 0 Å². The Labute approximate surface area is 101 Å². The molecule has 1 atom stereocenters. The number of non-ortho nitro benzene ring substituents is 1. The van der Waals surface area contributed by atoms with Crippen LogP contribution in [0.15, 0.2) is 18.2 Å². The molecule has 0 spiro atoms. The standard InChI is InChI=1S/C7H8IN4O2P/c8-15-11-6-2-1-4(12(13)14)3-5(6)7(9)10/h1-3,11,15H,(H3,9,10). The number of hydrogen-bond acceptors (Lipinski definition) is 4. The van der Waals surface area contributed by atoms with Crippen molar-refractivity contribution >= 4 is 45.6 Å². The minimum atomic E-state index is -0.511. The number of nitrogens with two attached hydrogens (primary N) is 1. The van der Waals surface area contributed by atoms with Gasteiger partial charge < -0.3 is 10.8 Å². The van der Waals surface area contributed by atoms with Gasteiger partial charge in [0.2, 0.25) is 0 Å². The van der Waals surface area contributed by atoms with Crippen LogP contribution in [0.25, 0.3) is 0 Å². The van der Waals surface area contributed by atoms with E-state index in [1.54, 1.807) is 6.07 Å². The topological polar surface area (TPSA) is 105 Å². The molecule has 0 heterocycles. The van der Waals surface area contributed by atoms with Gasteiger partial charge in [0.05, 0.1) is 4.92 Å². The van der Waals surface area contributed by atoms with Crippen molar-refractivity contribution in [3.8, 4) is 0 Å². The predicted octanol–water partition coefficient (Wildman–Crippen LogP) is 2.23. The van der Waals surface area contributed by atoms with E-state index in [0.717, 1.165) is 0 Å². The molecular formula is C7H8IN4O2P. The fourth-order valence-electron chi connectivity index (χ4n) is 1.03. The second-order valence-corrected chi connectivity index (χ2v) is 4.68. The van der Waals surface area contributed by atoms with Gasteiger partial charge in [-0.25, -0.2) is 0 Å². The normalized spacial score (nSPS) is 10.5. The van der Waals surface area contributed by atoms with Crippen molar-refractivity contribution in [3.63, 3.8) is 0 Å². The molecule has 0 aliphatic heterocycles. The van der Waals surface area contributed by atoms with Gasteiger partial charge in [-0.1, -0.05) is 0 Å². The minimum Gasteiger partial charge on any atom is -0.384 e. The van der Waals surface area contributed by atoms with Crippen molar-refractivity contribution < 1.29 is 4.92 Å². The summed E-state index contributed by atoms with van der Waals surface area (Å²) < 4.78 is 0. The van der Waals surface area contributed by atoms with E-state index in [9.17, 15) is 10.1 Å². The number of nitrogens with zero attached hydrogens (tertiary/aromatic N) is 1. The molecule has 1 aromatic carbocycles. The summed E-state index contributed by atoms with van der Waals surface area (Å²) in [6.07, 6.45) is 0.414. The summed E-state index contributed by atoms with van der Waals surface area (Å²) in [4.78, 5) is 10.0. The summed E-state index contributed by atoms with van der Waals surface area (Å²) in [5.74, 6) is -0.184. The first-order chi connectivity index (χ1) is 7.06. The van der Waals surface area contributed by atoms with Gasteiger partial charge in [0.1, 0.15) is 5.84 Å². The lowest BCUT2D eigenvalue weighted by Crippen LogP contribution is -2.13. The number of nitrogen functional groups attached to an aromatic ring is 1. The third kappa shape index (κ3) is 3.00. The fraction of sp³-hybridized carbons (Fsp3) is 0. The molecule has 0 radical (unpaired) electrons. The number of amidine groups is 1. The van der Waals surface area contributed by atoms with Crippen molar-refractivity contribution in [2.45, 2.75) is 0 Å². The molecule has 0 fully saturated rings. The zero-order valence-electron chi connectivity index (χ0n) is 7.45. The Balaban J connectivity index is 3.20. The van der Waals surface area contributed by atoms with Gasteiger partial charge in [0.15, 0.2) is 0 Å². The Morgan fingerprint density at radius 2 is 2.33 bits per heavy atom. The van der Waals surface area contributed by atoms with Gasteiger partial charge >= 0.3 is 0 Å². The van der Waals surface area contributed by atoms with Crippen molar-refractivity contribution in [1.82, 2.24) is 0 Å². The van der Waals surface area contributed by atoms with Crippen LogP contribution in [-0.4, -0.2) is 10.8 Å². The van der Waals surface area contributed by atoms with Crippen LogP contribution in [0, 0.1) is 15.5 Å². The van der Waals surface area contributed by atoms with Crippen LogP contribution in [0.3, 0.4) is 0 Å². The molecule has 1 rings (SSSR count). The molecule has 4 N–H and O–H groups in total. The first kappa shape index (κ1) is 12.1. The van der Waals surface area contributed by atoms with Crippen LogP contribution in [0.2, 0.25) is 0 Å². The number of anilines is 1. The molecular weight excluding hydrogens is 330 g/mol. The second-order valence-electron chi connectivity index (χ2n) is 2.62. The van der Waals surface area contributed by atoms with Gasteiger partial charge in [0.25, 0.3) is 5.69 Å². The monoisotopic (exact) mass is 338 g/mol. The summed E-state index contributed by atoms with van der Waals surface area (Å²) >= 11 is 2.12. The van der Waals surface area contributed by atoms with Crippen molar-refractivity contribution in [1.29, 1.82) is 5.41 Å². The Morgan fingerprint density at radius 3 is 2.80 bits per heavy atom. The Hall–Kier alpha value is -0.950. The predicted molar refractivity (Wildman–Crippen MR) is 70.1 cm³/mol. The van der Waals surface area contributed by atoms with Crippen LogP contribution in [0.4, 0.5) is 11.4 Å². The Kier molecular flexibility index (Phi) is 4.22. The highest BCUT2D eigenvalue weighted by atomic mass is 127. The van der Waals surface area contributed by atoms with E-state index in [2.05, 4.69) is 27.1 Å². The number of nitrogens with one attached hydrogen (secondary N) is 2. The van der Waals surface area contributed by atoms with Crippen molar-refractivity contribution in [3.05, 3.63) is 33.9 Å². The van der Waals surface area contributed by atoms with Gasteiger partial charge in [-0.2, -0.15) is 0 Å². The summed E-state index contributed by atoms with van der Waals surface area (Å²) in [5, 5.41) is 20.8. The number of hydrogen-bond donors (Lipinski definition) is 3. The second kappa shape index (κ2) is 5.22. The van der Waals surface area contributed by atoms with Crippen LogP contribution in [0.1, 0.15) is 5.56 Å². The van der Waals surface area contributed by atoms with Gasteiger partial charge in [0, 0.05) is 29.8 Å². The molecule has 0 saturated carbocycles. The molecule has 0 aliphatic rings. The maximum atomic E-state index is 10.5. The van der Waals surface area contributed by atoms with E-state index in [4.69, 9.17) is 11.1 Å². The zero-order chi connectivity index (χ0) is 11.4. The molecule has 0 amide bonds. The van der Waals surface area contributed by atoms with Crippen LogP contribution in [0.5, 0.6) is 0 Å². The van der Waals surface area contributed by atoms with E-state index in [1.165, 1.54) is 12.1 Å². The lowest BCUT2D eigenvalue weighted by molar-refractivity contribution is -0.384. The van der Waals surface area contributed by atoms with E-state index in [1.807, 2.05) is 0 Å². The Morgan fingerprint density at radius 1 is 1.67 bits per heavy atom. The molecule has 1 aromatic rings. The number of halogens is 1. The maximum Gasteiger partial charge on any atom is 0.270 e. The summed E-state index contributed by atoms with van der Waals surface area (Å²) in [5.41, 5.74) is 6.26. The van der Waals surface area contributed by atoms with E-state index >= 15 is 0 Å². The van der Waals surface area contributed by atoms with Crippen molar-refractivity contribution in [2.75, 3.05) is 5.09 Å². The molecule has 0 bridgehead atoms. The maximum absolute atomic E-state index is 10.5. The molecule has 0 saturated heterocycles. The SMILES string of the molecule is N=C(N)c1cc([N+](=O)[O-])ccc1NPI. The van der Waals surface area contributed by atoms with Crippen molar-refractivity contribution in [2.24, 2.45) is 5.73 Å². The number of nitro groups is 1. The van der Waals surface area contributed by atoms with Crippen LogP contribution < -0.4 is 10.8 Å². The largest absolute Gasteiger partial charge is 0.384 e. The van der Waals surface area contributed by atoms with E-state index in [-0.39, 0.29) is 11.5 Å². The first-order valence-electron chi connectivity index (χ1n) is 3.80. The molecule has 8 heteroatoms. The third-order valence-electron chi connectivity index (χ3n) is 1.69. The highest BCUT2D eigenvalue weighted by Gasteiger charge is 2.12. The lowest BCUT2D eigenvalue weighted by Gasteiger charge is -2.07. The summed E-state index contributed by atoms with van der Waals surface area (Å²) in [7, 11) is 0. The van der Waals surface area contributed by atoms with Gasteiger partial charge in [-0.3, -0.25) is 15.5 Å². The van der Waals surface area contributed by atoms with Crippen LogP contribution >= 0.6 is 28.4 Å². The summed E-state index contributed by atoms with van der Waals surface area (Å²) in [6, 6.07) is 4.23. The van der Waals surface area contributed by atoms with Gasteiger partial charge in [-0.05, 0) is 28.1 Å². The number of rotatable bonds is 4. The molecule has 80 valence electrons. The molecule has 0 aliphatic carbocycles. The fourth-order valence-corrected chi connectivity index (χ4v) is 2.22.